The maximum Gasteiger partial charge on any atom is 0.419 e. The molecule has 3 N–H and O–H groups in total. The largest absolute Gasteiger partial charge is 0.419 e. The lowest BCUT2D eigenvalue weighted by Crippen LogP contribution is -2.16. The number of nitrogens with zero attached hydrogens (tertiary/aromatic N) is 2. The molecular weight excluding hydrogens is 448 g/mol. The van der Waals surface area contributed by atoms with Crippen molar-refractivity contribution in [1.29, 1.82) is 0 Å². The summed E-state index contributed by atoms with van der Waals surface area (Å²) in [5.41, 5.74) is 5.37. The number of fused-ring (bicyclic) bond motifs is 1. The number of carbonyl (C=O) groups is 1. The summed E-state index contributed by atoms with van der Waals surface area (Å²) in [5.74, 6) is -2.22. The van der Waals surface area contributed by atoms with E-state index < -0.39 is 29.2 Å². The van der Waals surface area contributed by atoms with E-state index in [-0.39, 0.29) is 11.5 Å². The molecule has 1 aromatic heterocycles. The highest BCUT2D eigenvalue weighted by atomic mass is 35.5. The molecule has 4 aromatic rings. The zero-order chi connectivity index (χ0) is 23.0. The molecule has 0 atom stereocenters. The first-order chi connectivity index (χ1) is 15.1. The van der Waals surface area contributed by atoms with Crippen LogP contribution in [-0.2, 0) is 6.18 Å². The summed E-state index contributed by atoms with van der Waals surface area (Å²) in [6.07, 6.45) is -3.34. The highest BCUT2D eigenvalue weighted by Crippen LogP contribution is 2.35. The quantitative estimate of drug-likeness (QED) is 0.371. The highest BCUT2D eigenvalue weighted by Gasteiger charge is 2.35. The number of rotatable bonds is 3. The van der Waals surface area contributed by atoms with Crippen molar-refractivity contribution >= 4 is 40.0 Å². The van der Waals surface area contributed by atoms with Gasteiger partial charge in [-0.3, -0.25) is 4.79 Å². The van der Waals surface area contributed by atoms with Gasteiger partial charge in [0.1, 0.15) is 0 Å². The predicted octanol–water partition coefficient (Wildman–Crippen LogP) is 5.94. The van der Waals surface area contributed by atoms with E-state index in [1.807, 2.05) is 0 Å². The number of nitrogens with one attached hydrogen (secondary N) is 1. The van der Waals surface area contributed by atoms with Gasteiger partial charge >= 0.3 is 6.18 Å². The molecule has 0 fully saturated rings. The Bertz CT molecular complexity index is 1360. The van der Waals surface area contributed by atoms with Crippen molar-refractivity contribution in [3.05, 3.63) is 82.8 Å². The highest BCUT2D eigenvalue weighted by molar-refractivity contribution is 6.33. The van der Waals surface area contributed by atoms with E-state index in [4.69, 9.17) is 17.3 Å². The average Bonchev–Trinajstić information content (AvgIpc) is 2.74. The molecule has 0 aliphatic heterocycles. The minimum absolute atomic E-state index is 0.0786. The van der Waals surface area contributed by atoms with Crippen LogP contribution in [0.25, 0.3) is 22.0 Å². The first-order valence-electron chi connectivity index (χ1n) is 9.13. The predicted molar refractivity (Wildman–Crippen MR) is 114 cm³/mol. The van der Waals surface area contributed by atoms with E-state index >= 15 is 0 Å². The Balaban J connectivity index is 1.68. The van der Waals surface area contributed by atoms with Crippen LogP contribution in [-0.4, -0.2) is 15.9 Å². The summed E-state index contributed by atoms with van der Waals surface area (Å²) in [6.45, 7) is 0. The van der Waals surface area contributed by atoms with Crippen LogP contribution in [0.2, 0.25) is 5.02 Å². The van der Waals surface area contributed by atoms with E-state index in [1.165, 1.54) is 18.2 Å². The minimum atomic E-state index is -4.89. The summed E-state index contributed by atoms with van der Waals surface area (Å²) in [5, 5.41) is 3.21. The van der Waals surface area contributed by atoms with Crippen LogP contribution in [0.3, 0.4) is 0 Å². The van der Waals surface area contributed by atoms with Gasteiger partial charge < -0.3 is 11.1 Å². The third-order valence-corrected chi connectivity index (χ3v) is 5.02. The summed E-state index contributed by atoms with van der Waals surface area (Å²) < 4.78 is 53.0. The number of nitrogen functional groups attached to an aromatic ring is 1. The molecule has 0 spiro atoms. The molecule has 32 heavy (non-hydrogen) atoms. The van der Waals surface area contributed by atoms with Crippen LogP contribution < -0.4 is 11.1 Å². The zero-order valence-electron chi connectivity index (χ0n) is 16.0. The molecule has 1 amide bonds. The number of carbonyl (C=O) groups excluding carboxylic acids is 1. The number of amides is 1. The van der Waals surface area contributed by atoms with Crippen molar-refractivity contribution < 1.29 is 22.4 Å². The molecule has 0 aliphatic carbocycles. The number of aromatic nitrogens is 2. The minimum Gasteiger partial charge on any atom is -0.368 e. The monoisotopic (exact) mass is 460 g/mol. The molecule has 0 saturated heterocycles. The lowest BCUT2D eigenvalue weighted by molar-refractivity contribution is -0.139. The summed E-state index contributed by atoms with van der Waals surface area (Å²) in [6, 6.07) is 12.2. The summed E-state index contributed by atoms with van der Waals surface area (Å²) in [7, 11) is 0. The maximum absolute atomic E-state index is 14.3. The third kappa shape index (κ3) is 4.19. The second kappa shape index (κ2) is 8.08. The van der Waals surface area contributed by atoms with Crippen molar-refractivity contribution in [2.75, 3.05) is 11.1 Å². The van der Waals surface area contributed by atoms with Crippen LogP contribution in [0.4, 0.5) is 29.2 Å². The summed E-state index contributed by atoms with van der Waals surface area (Å²) >= 11 is 6.30. The van der Waals surface area contributed by atoms with Gasteiger partial charge in [0.05, 0.1) is 16.8 Å². The molecule has 10 heteroatoms. The average molecular weight is 461 g/mol. The van der Waals surface area contributed by atoms with Crippen molar-refractivity contribution in [3.63, 3.8) is 0 Å². The van der Waals surface area contributed by atoms with E-state index in [1.54, 1.807) is 24.4 Å². The number of hydrogen-bond donors (Lipinski definition) is 2. The molecule has 0 aliphatic rings. The Morgan fingerprint density at radius 2 is 1.84 bits per heavy atom. The van der Waals surface area contributed by atoms with Crippen molar-refractivity contribution in [2.24, 2.45) is 0 Å². The third-order valence-electron chi connectivity index (χ3n) is 4.69. The van der Waals surface area contributed by atoms with Gasteiger partial charge in [-0.25, -0.2) is 14.4 Å². The van der Waals surface area contributed by atoms with Gasteiger partial charge in [-0.15, -0.1) is 0 Å². The van der Waals surface area contributed by atoms with Gasteiger partial charge in [-0.05, 0) is 48.0 Å². The molecule has 0 radical (unpaired) electrons. The zero-order valence-corrected chi connectivity index (χ0v) is 16.8. The Labute approximate surface area is 183 Å². The first-order valence-corrected chi connectivity index (χ1v) is 9.50. The second-order valence-electron chi connectivity index (χ2n) is 6.82. The Morgan fingerprint density at radius 1 is 1.06 bits per heavy atom. The van der Waals surface area contributed by atoms with Crippen LogP contribution >= 0.6 is 11.6 Å². The second-order valence-corrected chi connectivity index (χ2v) is 7.22. The molecule has 4 rings (SSSR count). The molecule has 162 valence electrons. The van der Waals surface area contributed by atoms with E-state index in [0.29, 0.717) is 33.1 Å². The molecule has 5 nitrogen and oxygen atoms in total. The lowest BCUT2D eigenvalue weighted by Gasteiger charge is -2.13. The number of anilines is 2. The molecule has 0 unspecified atom stereocenters. The Morgan fingerprint density at radius 3 is 2.59 bits per heavy atom. The molecule has 1 heterocycles. The van der Waals surface area contributed by atoms with Crippen molar-refractivity contribution in [2.45, 2.75) is 6.18 Å². The fourth-order valence-corrected chi connectivity index (χ4v) is 3.37. The Hall–Kier alpha value is -3.72. The molecule has 0 saturated carbocycles. The van der Waals surface area contributed by atoms with E-state index in [2.05, 4.69) is 15.3 Å². The topological polar surface area (TPSA) is 80.9 Å². The normalized spacial score (nSPS) is 11.5. The van der Waals surface area contributed by atoms with Gasteiger partial charge in [0, 0.05) is 27.7 Å². The molecule has 0 bridgehead atoms. The van der Waals surface area contributed by atoms with Crippen molar-refractivity contribution in [3.8, 4) is 11.1 Å². The summed E-state index contributed by atoms with van der Waals surface area (Å²) in [4.78, 5) is 20.7. The number of hydrogen-bond acceptors (Lipinski definition) is 4. The van der Waals surface area contributed by atoms with Crippen LogP contribution in [0.1, 0.15) is 15.9 Å². The van der Waals surface area contributed by atoms with Gasteiger partial charge in [0.25, 0.3) is 5.91 Å². The smallest absolute Gasteiger partial charge is 0.368 e. The van der Waals surface area contributed by atoms with Gasteiger partial charge in [0.2, 0.25) is 5.95 Å². The van der Waals surface area contributed by atoms with Crippen LogP contribution in [0.15, 0.2) is 60.8 Å². The molecule has 3 aromatic carbocycles. The Kier molecular flexibility index (Phi) is 5.43. The van der Waals surface area contributed by atoms with E-state index in [0.717, 1.165) is 12.1 Å². The van der Waals surface area contributed by atoms with Gasteiger partial charge in [-0.2, -0.15) is 13.2 Å². The molecular formula is C22H13ClF4N4O. The van der Waals surface area contributed by atoms with E-state index in [9.17, 15) is 22.4 Å². The SMILES string of the molecule is Nc1ncc2cc(-c3cc(C(=O)Nc4cccc(C(F)(F)F)c4F)ccc3Cl)ccc2n1. The van der Waals surface area contributed by atoms with Gasteiger partial charge in [-0.1, -0.05) is 23.7 Å². The van der Waals surface area contributed by atoms with Crippen molar-refractivity contribution in [1.82, 2.24) is 9.97 Å². The fraction of sp³-hybridized carbons (Fsp3) is 0.0455. The van der Waals surface area contributed by atoms with Crippen LogP contribution in [0.5, 0.6) is 0 Å². The lowest BCUT2D eigenvalue weighted by atomic mass is 10.0. The fourth-order valence-electron chi connectivity index (χ4n) is 3.14. The number of nitrogens with two attached hydrogens (primary N) is 1. The number of benzene rings is 3. The van der Waals surface area contributed by atoms with Gasteiger partial charge in [0.15, 0.2) is 5.82 Å². The maximum atomic E-state index is 14.3. The van der Waals surface area contributed by atoms with Crippen LogP contribution in [0, 0.1) is 5.82 Å². The number of alkyl halides is 3. The first kappa shape index (κ1) is 21.5. The standard InChI is InChI=1S/C22H13ClF4N4O/c23-16-6-4-12(20(32)30-18-3-1-2-15(19(18)24)22(25,26)27)9-14(16)11-5-7-17-13(8-11)10-29-21(28)31-17/h1-10H,(H,30,32)(H2,28,29,31). The number of halogens is 5.